The summed E-state index contributed by atoms with van der Waals surface area (Å²) in [5.41, 5.74) is 5.93. The second kappa shape index (κ2) is 9.58. The van der Waals surface area contributed by atoms with Gasteiger partial charge in [0.25, 0.3) is 0 Å². The van der Waals surface area contributed by atoms with Gasteiger partial charge in [-0.15, -0.1) is 0 Å². The second-order valence-electron chi connectivity index (χ2n) is 12.7. The van der Waals surface area contributed by atoms with Gasteiger partial charge in [-0.25, -0.2) is 0 Å². The summed E-state index contributed by atoms with van der Waals surface area (Å²) in [6.45, 7) is 10.7. The van der Waals surface area contributed by atoms with Gasteiger partial charge < -0.3 is 19.1 Å². The summed E-state index contributed by atoms with van der Waals surface area (Å²) in [5, 5.41) is 0. The number of aryl methyl sites for hydroxylation is 1. The van der Waals surface area contributed by atoms with Crippen molar-refractivity contribution in [1.82, 2.24) is 0 Å². The summed E-state index contributed by atoms with van der Waals surface area (Å²) in [4.78, 5) is 30.4. The standard InChI is InChI=1S/C33H39NO5/c1-19-9-11-21(12-10-19)34-22-15-32(2,3)17-24(35)29(22)28(30-23(34)16-33(4,5)18-25(30)36)20-13-26(37-6)31(39-8)27(14-20)38-7/h9-14,28H,15-18H2,1-8H3. The van der Waals surface area contributed by atoms with Gasteiger partial charge in [0, 0.05) is 47.0 Å². The van der Waals surface area contributed by atoms with Crippen LogP contribution in [0.25, 0.3) is 0 Å². The van der Waals surface area contributed by atoms with Gasteiger partial charge in [-0.1, -0.05) is 45.4 Å². The zero-order valence-corrected chi connectivity index (χ0v) is 24.4. The van der Waals surface area contributed by atoms with E-state index in [1.165, 1.54) is 0 Å². The van der Waals surface area contributed by atoms with Crippen LogP contribution in [0.4, 0.5) is 5.69 Å². The Morgan fingerprint density at radius 1 is 0.718 bits per heavy atom. The molecular weight excluding hydrogens is 490 g/mol. The van der Waals surface area contributed by atoms with Gasteiger partial charge in [0.1, 0.15) is 0 Å². The van der Waals surface area contributed by atoms with Gasteiger partial charge in [-0.05, 0) is 60.4 Å². The predicted octanol–water partition coefficient (Wildman–Crippen LogP) is 6.91. The number of hydrogen-bond donors (Lipinski definition) is 0. The summed E-state index contributed by atoms with van der Waals surface area (Å²) in [6.07, 6.45) is 2.32. The molecule has 0 amide bonds. The Hall–Kier alpha value is -3.54. The molecule has 0 bridgehead atoms. The number of anilines is 1. The maximum absolute atomic E-state index is 14.1. The molecule has 6 nitrogen and oxygen atoms in total. The number of Topliss-reactive ketones (excluding diaryl/α,β-unsaturated/α-hetero) is 2. The third-order valence-electron chi connectivity index (χ3n) is 8.22. The van der Waals surface area contributed by atoms with E-state index in [-0.39, 0.29) is 22.4 Å². The summed E-state index contributed by atoms with van der Waals surface area (Å²) in [6, 6.07) is 12.2. The minimum Gasteiger partial charge on any atom is -0.493 e. The Morgan fingerprint density at radius 3 is 1.59 bits per heavy atom. The number of ether oxygens (including phenoxy) is 3. The summed E-state index contributed by atoms with van der Waals surface area (Å²) in [7, 11) is 4.74. The number of ketones is 2. The molecule has 206 valence electrons. The largest absolute Gasteiger partial charge is 0.493 e. The van der Waals surface area contributed by atoms with Crippen LogP contribution in [0.15, 0.2) is 58.9 Å². The summed E-state index contributed by atoms with van der Waals surface area (Å²) >= 11 is 0. The number of carbonyl (C=O) groups is 2. The minimum atomic E-state index is -0.502. The van der Waals surface area contributed by atoms with Crippen LogP contribution in [0, 0.1) is 17.8 Å². The molecule has 1 aliphatic heterocycles. The Balaban J connectivity index is 1.85. The first-order chi connectivity index (χ1) is 18.4. The lowest BCUT2D eigenvalue weighted by Crippen LogP contribution is -2.44. The van der Waals surface area contributed by atoms with E-state index in [0.717, 1.165) is 41.1 Å². The monoisotopic (exact) mass is 529 g/mol. The fourth-order valence-electron chi connectivity index (χ4n) is 6.57. The molecule has 0 fully saturated rings. The molecule has 1 heterocycles. The minimum absolute atomic E-state index is 0.0845. The molecule has 2 aromatic carbocycles. The molecule has 0 saturated heterocycles. The smallest absolute Gasteiger partial charge is 0.203 e. The van der Waals surface area contributed by atoms with E-state index in [9.17, 15) is 9.59 Å². The number of hydrogen-bond acceptors (Lipinski definition) is 6. The van der Waals surface area contributed by atoms with Gasteiger partial charge in [0.05, 0.1) is 21.3 Å². The fraction of sp³-hybridized carbons (Fsp3) is 0.455. The average molecular weight is 530 g/mol. The van der Waals surface area contributed by atoms with Crippen LogP contribution in [0.3, 0.4) is 0 Å². The molecule has 5 rings (SSSR count). The van der Waals surface area contributed by atoms with Crippen LogP contribution >= 0.6 is 0 Å². The van der Waals surface area contributed by atoms with Gasteiger partial charge in [0.15, 0.2) is 23.1 Å². The van der Waals surface area contributed by atoms with Crippen molar-refractivity contribution in [3.8, 4) is 17.2 Å². The van der Waals surface area contributed by atoms with Gasteiger partial charge >= 0.3 is 0 Å². The maximum Gasteiger partial charge on any atom is 0.203 e. The molecule has 3 aliphatic rings. The second-order valence-corrected chi connectivity index (χ2v) is 12.7. The zero-order valence-electron chi connectivity index (χ0n) is 24.4. The first-order valence-electron chi connectivity index (χ1n) is 13.6. The number of nitrogens with zero attached hydrogens (tertiary/aromatic N) is 1. The number of benzene rings is 2. The maximum atomic E-state index is 14.1. The van der Waals surface area contributed by atoms with Crippen molar-refractivity contribution < 1.29 is 23.8 Å². The number of carbonyl (C=O) groups excluding carboxylic acids is 2. The third-order valence-corrected chi connectivity index (χ3v) is 8.22. The van der Waals surface area contributed by atoms with Crippen molar-refractivity contribution in [3.63, 3.8) is 0 Å². The first-order valence-corrected chi connectivity index (χ1v) is 13.6. The Morgan fingerprint density at radius 2 is 1.18 bits per heavy atom. The van der Waals surface area contributed by atoms with Crippen LogP contribution in [-0.4, -0.2) is 32.9 Å². The molecule has 2 aromatic rings. The Kier molecular flexibility index (Phi) is 6.64. The van der Waals surface area contributed by atoms with Crippen molar-refractivity contribution in [2.24, 2.45) is 10.8 Å². The van der Waals surface area contributed by atoms with Crippen molar-refractivity contribution in [1.29, 1.82) is 0 Å². The summed E-state index contributed by atoms with van der Waals surface area (Å²) < 4.78 is 17.0. The highest BCUT2D eigenvalue weighted by atomic mass is 16.5. The molecule has 2 aliphatic carbocycles. The quantitative estimate of drug-likeness (QED) is 0.419. The number of allylic oxidation sites excluding steroid dienone is 4. The predicted molar refractivity (Wildman–Crippen MR) is 153 cm³/mol. The van der Waals surface area contributed by atoms with Crippen molar-refractivity contribution in [2.45, 2.75) is 66.2 Å². The van der Waals surface area contributed by atoms with Crippen molar-refractivity contribution >= 4 is 17.3 Å². The highest BCUT2D eigenvalue weighted by Crippen LogP contribution is 2.56. The van der Waals surface area contributed by atoms with E-state index >= 15 is 0 Å². The lowest BCUT2D eigenvalue weighted by molar-refractivity contribution is -0.119. The van der Waals surface area contributed by atoms with Crippen molar-refractivity contribution in [2.75, 3.05) is 26.2 Å². The molecule has 6 heteroatoms. The SMILES string of the molecule is COc1cc(C2C3=C(CC(C)(C)CC3=O)N(c3ccc(C)cc3)C3=C2C(=O)CC(C)(C)C3)cc(OC)c1OC. The van der Waals surface area contributed by atoms with Crippen LogP contribution in [-0.2, 0) is 9.59 Å². The lowest BCUT2D eigenvalue weighted by atomic mass is 9.63. The van der Waals surface area contributed by atoms with E-state index < -0.39 is 5.92 Å². The van der Waals surface area contributed by atoms with Crippen LogP contribution < -0.4 is 19.1 Å². The van der Waals surface area contributed by atoms with Gasteiger partial charge in [-0.3, -0.25) is 9.59 Å². The fourth-order valence-corrected chi connectivity index (χ4v) is 6.57. The third kappa shape index (κ3) is 4.64. The lowest BCUT2D eigenvalue weighted by Gasteiger charge is -2.49. The van der Waals surface area contributed by atoms with Crippen LogP contribution in [0.1, 0.15) is 70.4 Å². The highest BCUT2D eigenvalue weighted by molar-refractivity contribution is 6.08. The van der Waals surface area contributed by atoms with Crippen LogP contribution in [0.2, 0.25) is 0 Å². The van der Waals surface area contributed by atoms with E-state index in [4.69, 9.17) is 14.2 Å². The Labute approximate surface area is 231 Å². The van der Waals surface area contributed by atoms with E-state index in [1.807, 2.05) is 12.1 Å². The number of methoxy groups -OCH3 is 3. The van der Waals surface area contributed by atoms with Gasteiger partial charge in [-0.2, -0.15) is 0 Å². The van der Waals surface area contributed by atoms with E-state index in [2.05, 4.69) is 63.8 Å². The van der Waals surface area contributed by atoms with E-state index in [0.29, 0.717) is 41.2 Å². The van der Waals surface area contributed by atoms with Crippen molar-refractivity contribution in [3.05, 3.63) is 70.1 Å². The summed E-state index contributed by atoms with van der Waals surface area (Å²) in [5.74, 6) is 1.16. The van der Waals surface area contributed by atoms with E-state index in [1.54, 1.807) is 21.3 Å². The zero-order chi connectivity index (χ0) is 28.3. The molecule has 0 spiro atoms. The molecule has 0 N–H and O–H groups in total. The van der Waals surface area contributed by atoms with Gasteiger partial charge in [0.2, 0.25) is 5.75 Å². The topological polar surface area (TPSA) is 65.1 Å². The normalized spacial score (nSPS) is 20.6. The molecule has 0 aromatic heterocycles. The molecule has 0 radical (unpaired) electrons. The molecular formula is C33H39NO5. The molecule has 0 saturated carbocycles. The first kappa shape index (κ1) is 27.0. The average Bonchev–Trinajstić information content (AvgIpc) is 2.86. The van der Waals surface area contributed by atoms with Crippen LogP contribution in [0.5, 0.6) is 17.2 Å². The molecule has 39 heavy (non-hydrogen) atoms. The molecule has 0 unspecified atom stereocenters. The highest BCUT2D eigenvalue weighted by Gasteiger charge is 2.49. The Bertz CT molecular complexity index is 1330. The number of rotatable bonds is 5. The molecule has 0 atom stereocenters.